The Kier molecular flexibility index (Phi) is 3.17. The lowest BCUT2D eigenvalue weighted by molar-refractivity contribution is 0.628. The van der Waals surface area contributed by atoms with Gasteiger partial charge >= 0.3 is 7.40 Å². The summed E-state index contributed by atoms with van der Waals surface area (Å²) in [5.41, 5.74) is 2.83. The molecular weight excluding hydrogens is 265 g/mol. The molecule has 3 heterocycles. The number of hydrogen-bond donors (Lipinski definition) is 0. The van der Waals surface area contributed by atoms with Crippen LogP contribution in [0.4, 0.5) is 8.63 Å². The maximum absolute atomic E-state index is 13.0. The normalized spacial score (nSPS) is 16.1. The summed E-state index contributed by atoms with van der Waals surface area (Å²) in [5, 5.41) is 3.86. The summed E-state index contributed by atoms with van der Waals surface area (Å²) in [4.78, 5) is 4.24. The van der Waals surface area contributed by atoms with E-state index in [9.17, 15) is 8.63 Å². The van der Waals surface area contributed by atoms with Gasteiger partial charge in [0.15, 0.2) is 0 Å². The molecule has 0 bridgehead atoms. The molecule has 0 saturated carbocycles. The molecule has 19 heavy (non-hydrogen) atoms. The summed E-state index contributed by atoms with van der Waals surface area (Å²) in [6.45, 7) is 0. The van der Waals surface area contributed by atoms with Crippen molar-refractivity contribution in [1.82, 2.24) is 4.48 Å². The van der Waals surface area contributed by atoms with Crippen LogP contribution in [0, 0.1) is 0 Å². The van der Waals surface area contributed by atoms with E-state index in [1.807, 2.05) is 22.9 Å². The fourth-order valence-corrected chi connectivity index (χ4v) is 2.70. The Labute approximate surface area is 113 Å². The maximum Gasteiger partial charge on any atom is 0.677 e. The Morgan fingerprint density at radius 3 is 2.84 bits per heavy atom. The Bertz CT molecular complexity index is 655. The second-order valence-corrected chi connectivity index (χ2v) is 4.77. The van der Waals surface area contributed by atoms with Gasteiger partial charge < -0.3 is 4.48 Å². The molecule has 0 spiro atoms. The molecule has 2 nitrogen and oxygen atoms in total. The standard InChI is InChI=1S/C13H9BF2N2S/c15-14(16)18-7-2-4-12(18)13(10-5-8-19-9-10)11-3-1-6-17-11/h1-9H/b13-11+. The van der Waals surface area contributed by atoms with Gasteiger partial charge in [0, 0.05) is 17.5 Å². The fourth-order valence-electron chi connectivity index (χ4n) is 2.06. The van der Waals surface area contributed by atoms with Gasteiger partial charge in [-0.3, -0.25) is 13.6 Å². The van der Waals surface area contributed by atoms with Crippen LogP contribution >= 0.6 is 11.3 Å². The average Bonchev–Trinajstić information content (AvgIpc) is 3.12. The largest absolute Gasteiger partial charge is 0.677 e. The first kappa shape index (κ1) is 12.1. The zero-order chi connectivity index (χ0) is 13.2. The third-order valence-corrected chi connectivity index (χ3v) is 3.55. The molecule has 0 unspecified atom stereocenters. The molecule has 2 aromatic heterocycles. The number of halogens is 2. The van der Waals surface area contributed by atoms with E-state index in [1.54, 1.807) is 24.4 Å². The number of allylic oxidation sites excluding steroid dienone is 2. The third kappa shape index (κ3) is 2.19. The van der Waals surface area contributed by atoms with Gasteiger partial charge in [0.05, 0.1) is 5.70 Å². The lowest BCUT2D eigenvalue weighted by atomic mass is 10.0. The molecule has 6 heteroatoms. The Balaban J connectivity index is 2.21. The smallest absolute Gasteiger partial charge is 0.332 e. The van der Waals surface area contributed by atoms with Crippen molar-refractivity contribution in [2.24, 2.45) is 4.99 Å². The highest BCUT2D eigenvalue weighted by Crippen LogP contribution is 2.31. The third-order valence-electron chi connectivity index (χ3n) is 2.87. The van der Waals surface area contributed by atoms with Gasteiger partial charge in [-0.1, -0.05) is 0 Å². The first-order valence-corrected chi connectivity index (χ1v) is 6.64. The number of aliphatic imine (C=N–C) groups is 1. The van der Waals surface area contributed by atoms with Crippen molar-refractivity contribution < 1.29 is 8.63 Å². The summed E-state index contributed by atoms with van der Waals surface area (Å²) in [5.74, 6) is 0. The highest BCUT2D eigenvalue weighted by Gasteiger charge is 2.23. The van der Waals surface area contributed by atoms with E-state index in [1.165, 1.54) is 17.5 Å². The van der Waals surface area contributed by atoms with Gasteiger partial charge in [0.2, 0.25) is 0 Å². The zero-order valence-electron chi connectivity index (χ0n) is 9.83. The summed E-state index contributed by atoms with van der Waals surface area (Å²) in [7, 11) is -2.56. The molecule has 2 aromatic rings. The lowest BCUT2D eigenvalue weighted by Gasteiger charge is -2.11. The van der Waals surface area contributed by atoms with Gasteiger partial charge in [-0.2, -0.15) is 11.3 Å². The van der Waals surface area contributed by atoms with Crippen molar-refractivity contribution in [1.29, 1.82) is 0 Å². The predicted molar refractivity (Wildman–Crippen MR) is 75.8 cm³/mol. The van der Waals surface area contributed by atoms with Crippen LogP contribution in [0.3, 0.4) is 0 Å². The number of nitrogens with zero attached hydrogens (tertiary/aromatic N) is 2. The lowest BCUT2D eigenvalue weighted by Crippen LogP contribution is -2.15. The van der Waals surface area contributed by atoms with E-state index < -0.39 is 7.40 Å². The van der Waals surface area contributed by atoms with E-state index in [-0.39, 0.29) is 0 Å². The molecule has 0 N–H and O–H groups in total. The average molecular weight is 274 g/mol. The van der Waals surface area contributed by atoms with Crippen LogP contribution in [-0.2, 0) is 0 Å². The van der Waals surface area contributed by atoms with Gasteiger partial charge in [0.25, 0.3) is 0 Å². The SMILES string of the molecule is FB(F)n1cccc1/C(=C1\C=CC=N1)c1ccsc1. The Hall–Kier alpha value is -1.95. The van der Waals surface area contributed by atoms with Crippen LogP contribution in [-0.4, -0.2) is 18.1 Å². The second-order valence-electron chi connectivity index (χ2n) is 3.99. The summed E-state index contributed by atoms with van der Waals surface area (Å²) >= 11 is 1.53. The van der Waals surface area contributed by atoms with Crippen LogP contribution in [0.5, 0.6) is 0 Å². The molecule has 0 saturated heterocycles. The maximum atomic E-state index is 13.0. The summed E-state index contributed by atoms with van der Waals surface area (Å²) in [6, 6.07) is 5.22. The Morgan fingerprint density at radius 2 is 2.21 bits per heavy atom. The highest BCUT2D eigenvalue weighted by atomic mass is 32.1. The van der Waals surface area contributed by atoms with Gasteiger partial charge in [0.1, 0.15) is 0 Å². The van der Waals surface area contributed by atoms with Gasteiger partial charge in [-0.25, -0.2) is 0 Å². The number of aromatic nitrogens is 1. The molecule has 0 amide bonds. The monoisotopic (exact) mass is 274 g/mol. The number of rotatable bonds is 3. The molecule has 94 valence electrons. The molecule has 0 radical (unpaired) electrons. The summed E-state index contributed by atoms with van der Waals surface area (Å²) in [6.07, 6.45) is 6.68. The van der Waals surface area contributed by atoms with E-state index in [0.29, 0.717) is 11.4 Å². The van der Waals surface area contributed by atoms with Crippen molar-refractivity contribution in [2.45, 2.75) is 0 Å². The second kappa shape index (κ2) is 4.97. The molecule has 0 atom stereocenters. The van der Waals surface area contributed by atoms with Crippen molar-refractivity contribution in [2.75, 3.05) is 0 Å². The van der Waals surface area contributed by atoms with Crippen molar-refractivity contribution in [3.8, 4) is 0 Å². The molecule has 1 aliphatic rings. The van der Waals surface area contributed by atoms with E-state index in [4.69, 9.17) is 0 Å². The van der Waals surface area contributed by atoms with Gasteiger partial charge in [-0.15, -0.1) is 0 Å². The van der Waals surface area contributed by atoms with E-state index in [0.717, 1.165) is 15.6 Å². The van der Waals surface area contributed by atoms with Crippen LogP contribution in [0.2, 0.25) is 0 Å². The topological polar surface area (TPSA) is 17.3 Å². The predicted octanol–water partition coefficient (Wildman–Crippen LogP) is 3.72. The first-order valence-electron chi connectivity index (χ1n) is 5.70. The van der Waals surface area contributed by atoms with Crippen molar-refractivity contribution in [3.63, 3.8) is 0 Å². The first-order chi connectivity index (χ1) is 9.27. The minimum Gasteiger partial charge on any atom is -0.332 e. The number of thiophene rings is 1. The Morgan fingerprint density at radius 1 is 1.32 bits per heavy atom. The molecular formula is C13H9BF2N2S. The molecule has 1 aliphatic heterocycles. The molecule has 0 fully saturated rings. The fraction of sp³-hybridized carbons (Fsp3) is 0. The summed E-state index contributed by atoms with van der Waals surface area (Å²) < 4.78 is 27.0. The number of hydrogen-bond acceptors (Lipinski definition) is 2. The highest BCUT2D eigenvalue weighted by molar-refractivity contribution is 7.08. The molecule has 0 aliphatic carbocycles. The molecule has 0 aromatic carbocycles. The minimum atomic E-state index is -2.56. The van der Waals surface area contributed by atoms with Crippen LogP contribution in [0.1, 0.15) is 11.3 Å². The quantitative estimate of drug-likeness (QED) is 0.759. The van der Waals surface area contributed by atoms with Crippen molar-refractivity contribution in [3.05, 3.63) is 64.3 Å². The van der Waals surface area contributed by atoms with E-state index in [2.05, 4.69) is 4.99 Å². The molecule has 3 rings (SSSR count). The van der Waals surface area contributed by atoms with Crippen LogP contribution in [0.25, 0.3) is 5.57 Å². The van der Waals surface area contributed by atoms with E-state index >= 15 is 0 Å². The van der Waals surface area contributed by atoms with Crippen LogP contribution in [0.15, 0.2) is 58.0 Å². The van der Waals surface area contributed by atoms with Crippen LogP contribution < -0.4 is 0 Å². The minimum absolute atomic E-state index is 0.479. The zero-order valence-corrected chi connectivity index (χ0v) is 10.6. The van der Waals surface area contributed by atoms with Gasteiger partial charge in [-0.05, 0) is 52.9 Å². The van der Waals surface area contributed by atoms with Crippen molar-refractivity contribution >= 4 is 30.5 Å².